The van der Waals surface area contributed by atoms with Crippen LogP contribution in [0.2, 0.25) is 10.0 Å². The van der Waals surface area contributed by atoms with Crippen LogP contribution in [0.5, 0.6) is 0 Å². The first-order valence-corrected chi connectivity index (χ1v) is 7.17. The summed E-state index contributed by atoms with van der Waals surface area (Å²) in [7, 11) is 0. The number of pyridine rings is 1. The van der Waals surface area contributed by atoms with Gasteiger partial charge in [-0.3, -0.25) is 4.98 Å². The molecule has 0 atom stereocenters. The van der Waals surface area contributed by atoms with Crippen molar-refractivity contribution in [1.29, 1.82) is 0 Å². The van der Waals surface area contributed by atoms with Crippen LogP contribution in [-0.2, 0) is 0 Å². The van der Waals surface area contributed by atoms with Crippen LogP contribution in [0.3, 0.4) is 0 Å². The molecule has 0 unspecified atom stereocenters. The summed E-state index contributed by atoms with van der Waals surface area (Å²) in [5.41, 5.74) is 1.67. The Labute approximate surface area is 120 Å². The highest BCUT2D eigenvalue weighted by molar-refractivity contribution is 8.13. The molecule has 0 saturated carbocycles. The van der Waals surface area contributed by atoms with Crippen LogP contribution in [0, 0.1) is 0 Å². The number of nitrogens with zero attached hydrogens (tertiary/aromatic N) is 2. The first kappa shape index (κ1) is 13.4. The van der Waals surface area contributed by atoms with E-state index in [0.29, 0.717) is 15.7 Å². The SMILES string of the molecule is CSC(=Nc1ccc(Cl)cc1Cl)c1cccnc1. The van der Waals surface area contributed by atoms with Crippen molar-refractivity contribution in [2.45, 2.75) is 0 Å². The molecule has 2 rings (SSSR count). The van der Waals surface area contributed by atoms with E-state index in [4.69, 9.17) is 23.2 Å². The fourth-order valence-electron chi connectivity index (χ4n) is 1.40. The number of halogens is 2. The largest absolute Gasteiger partial charge is 0.264 e. The van der Waals surface area contributed by atoms with Gasteiger partial charge in [0.05, 0.1) is 10.7 Å². The summed E-state index contributed by atoms with van der Waals surface area (Å²) in [6.45, 7) is 0. The molecule has 18 heavy (non-hydrogen) atoms. The molecule has 0 N–H and O–H groups in total. The Morgan fingerprint density at radius 3 is 2.72 bits per heavy atom. The molecule has 5 heteroatoms. The summed E-state index contributed by atoms with van der Waals surface area (Å²) in [4.78, 5) is 8.62. The molecule has 0 fully saturated rings. The van der Waals surface area contributed by atoms with Crippen LogP contribution >= 0.6 is 35.0 Å². The molecule has 0 aliphatic carbocycles. The van der Waals surface area contributed by atoms with Gasteiger partial charge in [-0.05, 0) is 36.6 Å². The summed E-state index contributed by atoms with van der Waals surface area (Å²) < 4.78 is 0. The van der Waals surface area contributed by atoms with E-state index in [-0.39, 0.29) is 0 Å². The number of hydrogen-bond acceptors (Lipinski definition) is 3. The zero-order valence-electron chi connectivity index (χ0n) is 9.60. The van der Waals surface area contributed by atoms with Crippen molar-refractivity contribution >= 4 is 45.7 Å². The van der Waals surface area contributed by atoms with Gasteiger partial charge in [0, 0.05) is 23.0 Å². The quantitative estimate of drug-likeness (QED) is 0.586. The van der Waals surface area contributed by atoms with E-state index in [9.17, 15) is 0 Å². The lowest BCUT2D eigenvalue weighted by Gasteiger charge is -2.04. The predicted octanol–water partition coefficient (Wildman–Crippen LogP) is 4.83. The van der Waals surface area contributed by atoms with Gasteiger partial charge in [-0.2, -0.15) is 0 Å². The van der Waals surface area contributed by atoms with Crippen molar-refractivity contribution in [2.24, 2.45) is 4.99 Å². The van der Waals surface area contributed by atoms with Crippen molar-refractivity contribution in [2.75, 3.05) is 6.26 Å². The molecule has 1 heterocycles. The predicted molar refractivity (Wildman–Crippen MR) is 80.4 cm³/mol. The maximum atomic E-state index is 6.10. The highest BCUT2D eigenvalue weighted by atomic mass is 35.5. The second kappa shape index (κ2) is 6.23. The van der Waals surface area contributed by atoms with Crippen molar-refractivity contribution in [3.63, 3.8) is 0 Å². The number of hydrogen-bond donors (Lipinski definition) is 0. The first-order chi connectivity index (χ1) is 8.70. The minimum absolute atomic E-state index is 0.540. The second-order valence-corrected chi connectivity index (χ2v) is 5.10. The van der Waals surface area contributed by atoms with Gasteiger partial charge in [0.2, 0.25) is 0 Å². The maximum Gasteiger partial charge on any atom is 0.105 e. The molecule has 2 aromatic rings. The Hall–Kier alpha value is -1.03. The second-order valence-electron chi connectivity index (χ2n) is 3.46. The Bertz CT molecular complexity index is 570. The Morgan fingerprint density at radius 2 is 2.11 bits per heavy atom. The summed E-state index contributed by atoms with van der Waals surface area (Å²) in [5, 5.41) is 2.01. The van der Waals surface area contributed by atoms with E-state index in [1.807, 2.05) is 18.4 Å². The highest BCUT2D eigenvalue weighted by Crippen LogP contribution is 2.29. The Balaban J connectivity index is 2.41. The van der Waals surface area contributed by atoms with Gasteiger partial charge >= 0.3 is 0 Å². The molecule has 92 valence electrons. The standard InChI is InChI=1S/C13H10Cl2N2S/c1-18-13(9-3-2-6-16-8-9)17-12-5-4-10(14)7-11(12)15/h2-8H,1H3. The molecule has 0 amide bonds. The monoisotopic (exact) mass is 296 g/mol. The number of rotatable bonds is 2. The van der Waals surface area contributed by atoms with Gasteiger partial charge in [-0.25, -0.2) is 4.99 Å². The van der Waals surface area contributed by atoms with E-state index < -0.39 is 0 Å². The molecular formula is C13H10Cl2N2S. The van der Waals surface area contributed by atoms with Crippen LogP contribution in [-0.4, -0.2) is 16.3 Å². The minimum Gasteiger partial charge on any atom is -0.264 e. The molecule has 0 saturated heterocycles. The van der Waals surface area contributed by atoms with Gasteiger partial charge in [-0.1, -0.05) is 23.2 Å². The van der Waals surface area contributed by atoms with Crippen LogP contribution in [0.4, 0.5) is 5.69 Å². The summed E-state index contributed by atoms with van der Waals surface area (Å²) in [5.74, 6) is 0. The topological polar surface area (TPSA) is 25.2 Å². The number of benzene rings is 1. The smallest absolute Gasteiger partial charge is 0.105 e. The number of thioether (sulfide) groups is 1. The third-order valence-corrected chi connectivity index (χ3v) is 3.49. The molecule has 2 nitrogen and oxygen atoms in total. The Kier molecular flexibility index (Phi) is 4.64. The van der Waals surface area contributed by atoms with Gasteiger partial charge in [0.1, 0.15) is 5.04 Å². The molecule has 0 aliphatic heterocycles. The Morgan fingerprint density at radius 1 is 1.28 bits per heavy atom. The normalized spacial score (nSPS) is 11.6. The van der Waals surface area contributed by atoms with E-state index in [1.165, 1.54) is 0 Å². The molecule has 0 spiro atoms. The highest BCUT2D eigenvalue weighted by Gasteiger charge is 2.05. The van der Waals surface area contributed by atoms with E-state index >= 15 is 0 Å². The fourth-order valence-corrected chi connectivity index (χ4v) is 2.40. The molecule has 0 bridgehead atoms. The molecule has 0 aliphatic rings. The molecule has 1 aromatic heterocycles. The summed E-state index contributed by atoms with van der Waals surface area (Å²) in [6.07, 6.45) is 5.48. The van der Waals surface area contributed by atoms with E-state index in [2.05, 4.69) is 9.98 Å². The first-order valence-electron chi connectivity index (χ1n) is 5.19. The van der Waals surface area contributed by atoms with E-state index in [0.717, 1.165) is 10.6 Å². The minimum atomic E-state index is 0.540. The van der Waals surface area contributed by atoms with Crippen LogP contribution in [0.1, 0.15) is 5.56 Å². The van der Waals surface area contributed by atoms with Gasteiger partial charge in [0.25, 0.3) is 0 Å². The molecule has 1 aromatic carbocycles. The zero-order valence-corrected chi connectivity index (χ0v) is 11.9. The molecule has 0 radical (unpaired) electrons. The number of aromatic nitrogens is 1. The summed E-state index contributed by atoms with van der Waals surface area (Å²) >= 11 is 13.5. The fraction of sp³-hybridized carbons (Fsp3) is 0.0769. The lowest BCUT2D eigenvalue weighted by atomic mass is 10.3. The van der Waals surface area contributed by atoms with Crippen LogP contribution in [0.25, 0.3) is 0 Å². The number of aliphatic imine (C=N–C) groups is 1. The van der Waals surface area contributed by atoms with Gasteiger partial charge in [-0.15, -0.1) is 11.8 Å². The van der Waals surface area contributed by atoms with Crippen molar-refractivity contribution < 1.29 is 0 Å². The van der Waals surface area contributed by atoms with E-state index in [1.54, 1.807) is 42.4 Å². The third kappa shape index (κ3) is 3.25. The van der Waals surface area contributed by atoms with Crippen molar-refractivity contribution in [1.82, 2.24) is 4.98 Å². The van der Waals surface area contributed by atoms with Crippen molar-refractivity contribution in [3.05, 3.63) is 58.3 Å². The van der Waals surface area contributed by atoms with Crippen molar-refractivity contribution in [3.8, 4) is 0 Å². The zero-order chi connectivity index (χ0) is 13.0. The van der Waals surface area contributed by atoms with Crippen LogP contribution in [0.15, 0.2) is 47.7 Å². The van der Waals surface area contributed by atoms with Gasteiger partial charge in [0.15, 0.2) is 0 Å². The average Bonchev–Trinajstić information content (AvgIpc) is 2.39. The van der Waals surface area contributed by atoms with Crippen LogP contribution < -0.4 is 0 Å². The molecular weight excluding hydrogens is 287 g/mol. The third-order valence-electron chi connectivity index (χ3n) is 2.23. The maximum absolute atomic E-state index is 6.10. The summed E-state index contributed by atoms with van der Waals surface area (Å²) in [6, 6.07) is 9.10. The lowest BCUT2D eigenvalue weighted by molar-refractivity contribution is 1.32. The van der Waals surface area contributed by atoms with Gasteiger partial charge < -0.3 is 0 Å². The lowest BCUT2D eigenvalue weighted by Crippen LogP contribution is -1.94. The average molecular weight is 297 g/mol.